The predicted molar refractivity (Wildman–Crippen MR) is 87.7 cm³/mol. The third kappa shape index (κ3) is 3.51. The molecule has 2 heterocycles. The molecule has 1 N–H and O–H groups in total. The number of carbonyl (C=O) groups is 1. The zero-order valence-electron chi connectivity index (χ0n) is 13.6. The number of nitrogens with zero attached hydrogens (tertiary/aromatic N) is 3. The van der Waals surface area contributed by atoms with Crippen molar-refractivity contribution in [2.24, 2.45) is 13.0 Å². The molecule has 1 aromatic rings. The van der Waals surface area contributed by atoms with Crippen LogP contribution in [0.3, 0.4) is 0 Å². The molecule has 1 aliphatic heterocycles. The second-order valence-corrected chi connectivity index (χ2v) is 6.76. The van der Waals surface area contributed by atoms with Crippen LogP contribution in [0.1, 0.15) is 39.0 Å². The van der Waals surface area contributed by atoms with Crippen LogP contribution < -0.4 is 10.2 Å². The minimum absolute atomic E-state index is 0.0968. The zero-order valence-corrected chi connectivity index (χ0v) is 13.6. The fraction of sp³-hybridized carbons (Fsp3) is 0.647. The summed E-state index contributed by atoms with van der Waals surface area (Å²) in [4.78, 5) is 18.8. The highest BCUT2D eigenvalue weighted by Gasteiger charge is 2.23. The van der Waals surface area contributed by atoms with Gasteiger partial charge in [0.25, 0.3) is 0 Å². The molecule has 5 nitrogen and oxygen atoms in total. The predicted octanol–water partition coefficient (Wildman–Crippen LogP) is 2.25. The average Bonchev–Trinajstić information content (AvgIpc) is 3.08. The number of aryl methyl sites for hydroxylation is 1. The number of hydrogen-bond donors (Lipinski definition) is 1. The van der Waals surface area contributed by atoms with Crippen molar-refractivity contribution >= 4 is 11.9 Å². The number of amides is 1. The Labute approximate surface area is 132 Å². The molecule has 0 spiro atoms. The molecular weight excluding hydrogens is 276 g/mol. The first-order valence-electron chi connectivity index (χ1n) is 8.34. The van der Waals surface area contributed by atoms with Crippen molar-refractivity contribution in [2.45, 2.75) is 45.1 Å². The molecule has 22 heavy (non-hydrogen) atoms. The van der Waals surface area contributed by atoms with Crippen molar-refractivity contribution < 1.29 is 4.79 Å². The first kappa shape index (κ1) is 15.1. The summed E-state index contributed by atoms with van der Waals surface area (Å²) in [5, 5.41) is 3.17. The third-order valence-corrected chi connectivity index (χ3v) is 4.82. The van der Waals surface area contributed by atoms with Crippen LogP contribution >= 0.6 is 0 Å². The van der Waals surface area contributed by atoms with Gasteiger partial charge in [-0.15, -0.1) is 0 Å². The molecule has 1 aromatic heterocycles. The van der Waals surface area contributed by atoms with E-state index in [1.807, 2.05) is 30.1 Å². The summed E-state index contributed by atoms with van der Waals surface area (Å²) in [5.74, 6) is 1.85. The summed E-state index contributed by atoms with van der Waals surface area (Å²) in [6.45, 7) is 4.15. The van der Waals surface area contributed by atoms with Crippen molar-refractivity contribution in [3.05, 3.63) is 24.0 Å². The maximum atomic E-state index is 12.1. The summed E-state index contributed by atoms with van der Waals surface area (Å²) < 4.78 is 2.05. The lowest BCUT2D eigenvalue weighted by Gasteiger charge is -2.32. The van der Waals surface area contributed by atoms with Crippen molar-refractivity contribution in [3.63, 3.8) is 0 Å². The minimum Gasteiger partial charge on any atom is -0.350 e. The first-order valence-corrected chi connectivity index (χ1v) is 8.34. The summed E-state index contributed by atoms with van der Waals surface area (Å²) >= 11 is 0. The SMILES string of the molecule is CC1CC/C(=C\C(=O)NC2CCN(c3nccn3C)CC2)C1. The van der Waals surface area contributed by atoms with Crippen LogP contribution in [0, 0.1) is 5.92 Å². The van der Waals surface area contributed by atoms with E-state index in [0.29, 0.717) is 6.04 Å². The number of carbonyl (C=O) groups excluding carboxylic acids is 1. The first-order chi connectivity index (χ1) is 10.6. The van der Waals surface area contributed by atoms with Gasteiger partial charge in [0.15, 0.2) is 0 Å². The summed E-state index contributed by atoms with van der Waals surface area (Å²) in [7, 11) is 2.02. The molecule has 2 aliphatic rings. The number of allylic oxidation sites excluding steroid dienone is 1. The van der Waals surface area contributed by atoms with Gasteiger partial charge < -0.3 is 14.8 Å². The second-order valence-electron chi connectivity index (χ2n) is 6.76. The van der Waals surface area contributed by atoms with Gasteiger partial charge in [-0.3, -0.25) is 4.79 Å². The molecule has 2 fully saturated rings. The standard InChI is InChI=1S/C17H26N4O/c1-13-3-4-14(11-13)12-16(22)19-15-5-8-21(9-6-15)17-18-7-10-20(17)2/h7,10,12-13,15H,3-6,8-9,11H2,1-2H3,(H,19,22)/b14-12+. The molecule has 1 saturated carbocycles. The van der Waals surface area contributed by atoms with Crippen LogP contribution in [0.15, 0.2) is 24.0 Å². The van der Waals surface area contributed by atoms with Crippen LogP contribution in [0.2, 0.25) is 0 Å². The molecule has 1 atom stereocenters. The second kappa shape index (κ2) is 6.55. The molecule has 1 amide bonds. The molecule has 120 valence electrons. The van der Waals surface area contributed by atoms with Gasteiger partial charge in [0.1, 0.15) is 0 Å². The van der Waals surface area contributed by atoms with Crippen molar-refractivity contribution in [3.8, 4) is 0 Å². The number of rotatable bonds is 3. The molecule has 1 saturated heterocycles. The van der Waals surface area contributed by atoms with Crippen molar-refractivity contribution in [1.82, 2.24) is 14.9 Å². The van der Waals surface area contributed by atoms with Crippen molar-refractivity contribution in [1.29, 1.82) is 0 Å². The molecule has 1 unspecified atom stereocenters. The average molecular weight is 302 g/mol. The summed E-state index contributed by atoms with van der Waals surface area (Å²) in [6.07, 6.45) is 11.0. The molecule has 0 bridgehead atoms. The monoisotopic (exact) mass is 302 g/mol. The van der Waals surface area contributed by atoms with Crippen molar-refractivity contribution in [2.75, 3.05) is 18.0 Å². The maximum Gasteiger partial charge on any atom is 0.244 e. The van der Waals surface area contributed by atoms with E-state index in [0.717, 1.165) is 50.6 Å². The Bertz CT molecular complexity index is 555. The molecule has 5 heteroatoms. The molecule has 0 radical (unpaired) electrons. The number of piperidine rings is 1. The number of nitrogens with one attached hydrogen (secondary N) is 1. The quantitative estimate of drug-likeness (QED) is 0.871. The molecule has 1 aliphatic carbocycles. The molecular formula is C17H26N4O. The van der Waals surface area contributed by atoms with Gasteiger partial charge in [0.05, 0.1) is 0 Å². The van der Waals surface area contributed by atoms with Gasteiger partial charge in [-0.1, -0.05) is 12.5 Å². The number of imidazole rings is 1. The topological polar surface area (TPSA) is 50.2 Å². The van der Waals surface area contributed by atoms with Gasteiger partial charge in [-0.25, -0.2) is 4.98 Å². The Morgan fingerprint density at radius 3 is 2.73 bits per heavy atom. The van der Waals surface area contributed by atoms with Crippen LogP contribution in [-0.2, 0) is 11.8 Å². The molecule has 3 rings (SSSR count). The van der Waals surface area contributed by atoms with Crippen LogP contribution in [0.25, 0.3) is 0 Å². The normalized spacial score (nSPS) is 24.9. The van der Waals surface area contributed by atoms with E-state index in [1.54, 1.807) is 0 Å². The van der Waals surface area contributed by atoms with E-state index >= 15 is 0 Å². The minimum atomic E-state index is 0.0968. The lowest BCUT2D eigenvalue weighted by molar-refractivity contribution is -0.117. The third-order valence-electron chi connectivity index (χ3n) is 4.82. The van der Waals surface area contributed by atoms with E-state index in [9.17, 15) is 4.79 Å². The Morgan fingerprint density at radius 2 is 2.14 bits per heavy atom. The van der Waals surface area contributed by atoms with E-state index in [4.69, 9.17) is 0 Å². The van der Waals surface area contributed by atoms with E-state index in [2.05, 4.69) is 22.1 Å². The Hall–Kier alpha value is -1.78. The largest absolute Gasteiger partial charge is 0.350 e. The summed E-state index contributed by atoms with van der Waals surface area (Å²) in [5.41, 5.74) is 1.32. The molecule has 0 aromatic carbocycles. The Kier molecular flexibility index (Phi) is 4.50. The van der Waals surface area contributed by atoms with Gasteiger partial charge in [-0.05, 0) is 38.0 Å². The lowest BCUT2D eigenvalue weighted by atomic mass is 10.0. The lowest BCUT2D eigenvalue weighted by Crippen LogP contribution is -2.45. The highest BCUT2D eigenvalue weighted by atomic mass is 16.1. The number of hydrogen-bond acceptors (Lipinski definition) is 3. The Balaban J connectivity index is 1.48. The van der Waals surface area contributed by atoms with Gasteiger partial charge in [0, 0.05) is 44.6 Å². The van der Waals surface area contributed by atoms with E-state index < -0.39 is 0 Å². The number of anilines is 1. The fourth-order valence-corrected chi connectivity index (χ4v) is 3.53. The number of aromatic nitrogens is 2. The van der Waals surface area contributed by atoms with Gasteiger partial charge in [0.2, 0.25) is 11.9 Å². The Morgan fingerprint density at radius 1 is 1.36 bits per heavy atom. The smallest absolute Gasteiger partial charge is 0.244 e. The summed E-state index contributed by atoms with van der Waals surface area (Å²) in [6, 6.07) is 0.291. The van der Waals surface area contributed by atoms with E-state index in [1.165, 1.54) is 12.0 Å². The van der Waals surface area contributed by atoms with Crippen LogP contribution in [0.4, 0.5) is 5.95 Å². The highest BCUT2D eigenvalue weighted by molar-refractivity contribution is 5.88. The zero-order chi connectivity index (χ0) is 15.5. The maximum absolute atomic E-state index is 12.1. The van der Waals surface area contributed by atoms with E-state index in [-0.39, 0.29) is 5.91 Å². The van der Waals surface area contributed by atoms with Crippen LogP contribution in [0.5, 0.6) is 0 Å². The highest BCUT2D eigenvalue weighted by Crippen LogP contribution is 2.29. The van der Waals surface area contributed by atoms with Gasteiger partial charge >= 0.3 is 0 Å². The van der Waals surface area contributed by atoms with Gasteiger partial charge in [-0.2, -0.15) is 0 Å². The fourth-order valence-electron chi connectivity index (χ4n) is 3.53. The van der Waals surface area contributed by atoms with Crippen LogP contribution in [-0.4, -0.2) is 34.6 Å².